The largest absolute Gasteiger partial charge is 0.379 e. The number of nitrogens with zero attached hydrogens (tertiary/aromatic N) is 1. The van der Waals surface area contributed by atoms with Crippen molar-refractivity contribution in [3.8, 4) is 0 Å². The first-order chi connectivity index (χ1) is 13.0. The minimum absolute atomic E-state index is 0.0111. The van der Waals surface area contributed by atoms with Crippen LogP contribution in [0, 0.1) is 11.6 Å². The van der Waals surface area contributed by atoms with Crippen LogP contribution in [0.5, 0.6) is 0 Å². The van der Waals surface area contributed by atoms with Crippen LogP contribution in [0.2, 0.25) is 0 Å². The predicted octanol–water partition coefficient (Wildman–Crippen LogP) is 2.15. The minimum Gasteiger partial charge on any atom is -0.379 e. The summed E-state index contributed by atoms with van der Waals surface area (Å²) in [5, 5.41) is 6.84. The van der Waals surface area contributed by atoms with Crippen LogP contribution in [0.15, 0.2) is 35.7 Å². The molecule has 2 amide bonds. The monoisotopic (exact) mass is 395 g/mol. The van der Waals surface area contributed by atoms with Crippen molar-refractivity contribution in [3.63, 3.8) is 0 Å². The molecule has 1 aromatic carbocycles. The van der Waals surface area contributed by atoms with E-state index in [0.29, 0.717) is 13.2 Å². The number of amides is 2. The first kappa shape index (κ1) is 19.4. The van der Waals surface area contributed by atoms with Gasteiger partial charge in [0.2, 0.25) is 0 Å². The maximum atomic E-state index is 13.2. The van der Waals surface area contributed by atoms with Crippen molar-refractivity contribution in [1.29, 1.82) is 0 Å². The summed E-state index contributed by atoms with van der Waals surface area (Å²) in [5.41, 5.74) is 0.0111. The molecule has 1 saturated heterocycles. The molecule has 0 radical (unpaired) electrons. The van der Waals surface area contributed by atoms with Crippen molar-refractivity contribution in [2.24, 2.45) is 0 Å². The van der Waals surface area contributed by atoms with Gasteiger partial charge in [0.1, 0.15) is 0 Å². The number of thiophene rings is 1. The normalized spacial score (nSPS) is 15.9. The SMILES string of the molecule is O=C(NC[C@@H](c1cccs1)N1CCOCC1)C(=O)Nc1ccc(F)c(F)c1. The van der Waals surface area contributed by atoms with Gasteiger partial charge in [-0.25, -0.2) is 8.78 Å². The number of ether oxygens (including phenoxy) is 1. The lowest BCUT2D eigenvalue weighted by atomic mass is 10.2. The summed E-state index contributed by atoms with van der Waals surface area (Å²) >= 11 is 1.58. The standard InChI is InChI=1S/C18H19F2N3O3S/c19-13-4-3-12(10-14(13)20)22-18(25)17(24)21-11-15(16-2-1-9-27-16)23-5-7-26-8-6-23/h1-4,9-10,15H,5-8,11H2,(H,21,24)(H,22,25)/t15-/m0/s1. The molecule has 144 valence electrons. The number of nitrogens with one attached hydrogen (secondary N) is 2. The number of morpholine rings is 1. The Morgan fingerprint density at radius 1 is 1.15 bits per heavy atom. The van der Waals surface area contributed by atoms with Gasteiger partial charge < -0.3 is 15.4 Å². The van der Waals surface area contributed by atoms with Gasteiger partial charge in [0.15, 0.2) is 11.6 Å². The molecule has 1 fully saturated rings. The lowest BCUT2D eigenvalue weighted by Crippen LogP contribution is -2.45. The molecule has 1 atom stereocenters. The maximum Gasteiger partial charge on any atom is 0.313 e. The van der Waals surface area contributed by atoms with Crippen molar-refractivity contribution in [2.75, 3.05) is 38.2 Å². The van der Waals surface area contributed by atoms with Gasteiger partial charge in [-0.15, -0.1) is 11.3 Å². The van der Waals surface area contributed by atoms with Crippen molar-refractivity contribution >= 4 is 28.8 Å². The third-order valence-electron chi connectivity index (χ3n) is 4.20. The molecule has 2 aromatic rings. The number of rotatable bonds is 5. The first-order valence-electron chi connectivity index (χ1n) is 8.44. The van der Waals surface area contributed by atoms with E-state index in [-0.39, 0.29) is 18.3 Å². The number of hydrogen-bond acceptors (Lipinski definition) is 5. The number of halogens is 2. The number of hydrogen-bond donors (Lipinski definition) is 2. The number of carbonyl (C=O) groups excluding carboxylic acids is 2. The number of anilines is 1. The topological polar surface area (TPSA) is 70.7 Å². The lowest BCUT2D eigenvalue weighted by molar-refractivity contribution is -0.136. The van der Waals surface area contributed by atoms with E-state index < -0.39 is 23.4 Å². The van der Waals surface area contributed by atoms with E-state index in [0.717, 1.165) is 30.1 Å². The molecule has 0 bridgehead atoms. The Kier molecular flexibility index (Phi) is 6.49. The summed E-state index contributed by atoms with van der Waals surface area (Å²) in [4.78, 5) is 27.4. The average Bonchev–Trinajstić information content (AvgIpc) is 3.20. The molecule has 2 N–H and O–H groups in total. The third kappa shape index (κ3) is 5.09. The fourth-order valence-corrected chi connectivity index (χ4v) is 3.67. The van der Waals surface area contributed by atoms with Crippen molar-refractivity contribution < 1.29 is 23.1 Å². The maximum absolute atomic E-state index is 13.2. The highest BCUT2D eigenvalue weighted by atomic mass is 32.1. The highest BCUT2D eigenvalue weighted by molar-refractivity contribution is 7.10. The lowest BCUT2D eigenvalue weighted by Gasteiger charge is -2.34. The molecule has 1 aromatic heterocycles. The van der Waals surface area contributed by atoms with E-state index in [4.69, 9.17) is 4.74 Å². The molecule has 1 aliphatic rings. The van der Waals surface area contributed by atoms with Crippen LogP contribution in [0.3, 0.4) is 0 Å². The summed E-state index contributed by atoms with van der Waals surface area (Å²) in [7, 11) is 0. The molecule has 0 saturated carbocycles. The Bertz CT molecular complexity index is 795. The van der Waals surface area contributed by atoms with Gasteiger partial charge in [0, 0.05) is 36.3 Å². The smallest absolute Gasteiger partial charge is 0.313 e. The molecule has 0 spiro atoms. The second-order valence-electron chi connectivity index (χ2n) is 5.97. The van der Waals surface area contributed by atoms with E-state index in [1.165, 1.54) is 6.07 Å². The van der Waals surface area contributed by atoms with Gasteiger partial charge in [-0.1, -0.05) is 6.07 Å². The molecular weight excluding hydrogens is 376 g/mol. The van der Waals surface area contributed by atoms with Gasteiger partial charge in [-0.2, -0.15) is 0 Å². The zero-order valence-electron chi connectivity index (χ0n) is 14.4. The fraction of sp³-hybridized carbons (Fsp3) is 0.333. The Balaban J connectivity index is 1.59. The van der Waals surface area contributed by atoms with Crippen LogP contribution >= 0.6 is 11.3 Å². The molecule has 0 aliphatic carbocycles. The van der Waals surface area contributed by atoms with E-state index in [9.17, 15) is 18.4 Å². The fourth-order valence-electron chi connectivity index (χ4n) is 2.81. The minimum atomic E-state index is -1.10. The van der Waals surface area contributed by atoms with Crippen LogP contribution in [0.4, 0.5) is 14.5 Å². The first-order valence-corrected chi connectivity index (χ1v) is 9.32. The number of carbonyl (C=O) groups is 2. The van der Waals surface area contributed by atoms with Crippen LogP contribution in [0.25, 0.3) is 0 Å². The van der Waals surface area contributed by atoms with E-state index in [1.807, 2.05) is 17.5 Å². The predicted molar refractivity (Wildman–Crippen MR) is 97.4 cm³/mol. The average molecular weight is 395 g/mol. The Labute approximate surface area is 159 Å². The highest BCUT2D eigenvalue weighted by Crippen LogP contribution is 2.25. The second-order valence-corrected chi connectivity index (χ2v) is 6.95. The van der Waals surface area contributed by atoms with Crippen LogP contribution < -0.4 is 10.6 Å². The third-order valence-corrected chi connectivity index (χ3v) is 5.17. The zero-order chi connectivity index (χ0) is 19.2. The zero-order valence-corrected chi connectivity index (χ0v) is 15.2. The van der Waals surface area contributed by atoms with Gasteiger partial charge >= 0.3 is 11.8 Å². The van der Waals surface area contributed by atoms with Gasteiger partial charge in [0.05, 0.1) is 19.3 Å². The summed E-state index contributed by atoms with van der Waals surface area (Å²) in [6.07, 6.45) is 0. The van der Waals surface area contributed by atoms with E-state index in [2.05, 4.69) is 15.5 Å². The number of benzene rings is 1. The summed E-state index contributed by atoms with van der Waals surface area (Å²) in [5.74, 6) is -3.90. The van der Waals surface area contributed by atoms with Crippen molar-refractivity contribution in [2.45, 2.75) is 6.04 Å². The molecule has 3 rings (SSSR count). The molecular formula is C18H19F2N3O3S. The van der Waals surface area contributed by atoms with Gasteiger partial charge in [-0.3, -0.25) is 14.5 Å². The van der Waals surface area contributed by atoms with E-state index in [1.54, 1.807) is 11.3 Å². The van der Waals surface area contributed by atoms with Gasteiger partial charge in [-0.05, 0) is 23.6 Å². The Morgan fingerprint density at radius 2 is 1.93 bits per heavy atom. The second kappa shape index (κ2) is 9.03. The summed E-state index contributed by atoms with van der Waals surface area (Å²) < 4.78 is 31.5. The van der Waals surface area contributed by atoms with E-state index >= 15 is 0 Å². The summed E-state index contributed by atoms with van der Waals surface area (Å²) in [6.45, 7) is 2.96. The molecule has 9 heteroatoms. The molecule has 1 aliphatic heterocycles. The van der Waals surface area contributed by atoms with Crippen molar-refractivity contribution in [3.05, 3.63) is 52.2 Å². The Hall–Kier alpha value is -2.36. The van der Waals surface area contributed by atoms with Crippen molar-refractivity contribution in [1.82, 2.24) is 10.2 Å². The molecule has 2 heterocycles. The Morgan fingerprint density at radius 3 is 2.59 bits per heavy atom. The molecule has 0 unspecified atom stereocenters. The van der Waals surface area contributed by atoms with Gasteiger partial charge in [0.25, 0.3) is 0 Å². The quantitative estimate of drug-likeness (QED) is 0.762. The highest BCUT2D eigenvalue weighted by Gasteiger charge is 2.25. The van der Waals surface area contributed by atoms with Crippen LogP contribution in [-0.2, 0) is 14.3 Å². The molecule has 27 heavy (non-hydrogen) atoms. The summed E-state index contributed by atoms with van der Waals surface area (Å²) in [6, 6.07) is 6.75. The van der Waals surface area contributed by atoms with Crippen LogP contribution in [-0.4, -0.2) is 49.6 Å². The molecule has 6 nitrogen and oxygen atoms in total. The van der Waals surface area contributed by atoms with Crippen LogP contribution in [0.1, 0.15) is 10.9 Å².